The molecule has 11 heteroatoms. The van der Waals surface area contributed by atoms with Gasteiger partial charge in [-0.3, -0.25) is 14.9 Å². The number of para-hydroxylation sites is 1. The molecule has 1 heterocycles. The lowest BCUT2D eigenvalue weighted by Crippen LogP contribution is -2.30. The van der Waals surface area contributed by atoms with Crippen LogP contribution in [0.25, 0.3) is 0 Å². The number of nitro benzene ring substituents is 1. The molecule has 3 aromatic carbocycles. The molecule has 0 spiro atoms. The predicted octanol–water partition coefficient (Wildman–Crippen LogP) is 4.62. The minimum Gasteiger partial charge on any atom is -0.502 e. The average molecular weight is 525 g/mol. The van der Waals surface area contributed by atoms with E-state index in [0.29, 0.717) is 30.3 Å². The van der Waals surface area contributed by atoms with E-state index in [1.807, 2.05) is 12.1 Å². The normalized spacial score (nSPS) is 16.8. The van der Waals surface area contributed by atoms with Crippen molar-refractivity contribution in [3.63, 3.8) is 0 Å². The van der Waals surface area contributed by atoms with Gasteiger partial charge < -0.3 is 34.1 Å². The van der Waals surface area contributed by atoms with Gasteiger partial charge >= 0.3 is 0 Å². The van der Waals surface area contributed by atoms with Gasteiger partial charge in [-0.15, -0.1) is 0 Å². The number of anilines is 1. The van der Waals surface area contributed by atoms with Crippen LogP contribution in [-0.2, 0) is 16.0 Å². The van der Waals surface area contributed by atoms with Crippen molar-refractivity contribution >= 4 is 17.8 Å². The fourth-order valence-electron chi connectivity index (χ4n) is 4.50. The van der Waals surface area contributed by atoms with Crippen LogP contribution in [0.3, 0.4) is 0 Å². The Morgan fingerprint density at radius 3 is 2.34 bits per heavy atom. The highest BCUT2D eigenvalue weighted by molar-refractivity contribution is 5.55. The molecule has 38 heavy (non-hydrogen) atoms. The maximum atomic E-state index is 10.9. The summed E-state index contributed by atoms with van der Waals surface area (Å²) in [6.45, 7) is 0.955. The molecule has 0 saturated heterocycles. The molecule has 0 amide bonds. The Labute approximate surface area is 219 Å². The number of benzene rings is 3. The number of nitrogens with one attached hydrogen (secondary N) is 1. The number of carbonyl (C=O) groups excluding carboxylic acids is 1. The highest BCUT2D eigenvalue weighted by Gasteiger charge is 2.32. The van der Waals surface area contributed by atoms with Crippen LogP contribution in [0.1, 0.15) is 23.6 Å². The van der Waals surface area contributed by atoms with E-state index in [4.69, 9.17) is 23.7 Å². The van der Waals surface area contributed by atoms with E-state index in [-0.39, 0.29) is 30.2 Å². The summed E-state index contributed by atoms with van der Waals surface area (Å²) in [6, 6.07) is 15.2. The zero-order valence-corrected chi connectivity index (χ0v) is 20.9. The SMILES string of the molecule is COc1cccc(OC)c1O.O=COCC1CCc2cc3c(cc2C1Nc1ccc([N+](=O)[O-])cc1)OCO3. The molecule has 200 valence electrons. The summed E-state index contributed by atoms with van der Waals surface area (Å²) >= 11 is 0. The number of nitro groups is 1. The number of phenols is 1. The van der Waals surface area contributed by atoms with E-state index < -0.39 is 4.92 Å². The quantitative estimate of drug-likeness (QED) is 0.244. The second kappa shape index (κ2) is 12.0. The zero-order valence-electron chi connectivity index (χ0n) is 20.9. The van der Waals surface area contributed by atoms with E-state index >= 15 is 0 Å². The third-order valence-corrected chi connectivity index (χ3v) is 6.41. The number of carbonyl (C=O) groups is 1. The number of hydrogen-bond acceptors (Lipinski definition) is 10. The zero-order chi connectivity index (χ0) is 27.1. The first-order valence-electron chi connectivity index (χ1n) is 11.8. The van der Waals surface area contributed by atoms with Crippen molar-refractivity contribution in [2.75, 3.05) is 32.9 Å². The fourth-order valence-corrected chi connectivity index (χ4v) is 4.50. The van der Waals surface area contributed by atoms with Crippen molar-refractivity contribution in [3.8, 4) is 28.7 Å². The minimum atomic E-state index is -0.430. The summed E-state index contributed by atoms with van der Waals surface area (Å²) in [6.07, 6.45) is 1.68. The van der Waals surface area contributed by atoms with Crippen LogP contribution in [0.2, 0.25) is 0 Å². The highest BCUT2D eigenvalue weighted by Crippen LogP contribution is 2.44. The van der Waals surface area contributed by atoms with E-state index in [2.05, 4.69) is 5.32 Å². The van der Waals surface area contributed by atoms with Crippen LogP contribution in [0.5, 0.6) is 28.7 Å². The number of aromatic hydroxyl groups is 1. The van der Waals surface area contributed by atoms with Crippen LogP contribution in [0, 0.1) is 16.0 Å². The average Bonchev–Trinajstić information content (AvgIpc) is 3.40. The van der Waals surface area contributed by atoms with Crippen molar-refractivity contribution < 1.29 is 38.5 Å². The third-order valence-electron chi connectivity index (χ3n) is 6.41. The number of aryl methyl sites for hydroxylation is 1. The van der Waals surface area contributed by atoms with Crippen molar-refractivity contribution in [3.05, 3.63) is 75.8 Å². The number of fused-ring (bicyclic) bond motifs is 2. The molecule has 0 bridgehead atoms. The molecule has 0 aromatic heterocycles. The van der Waals surface area contributed by atoms with E-state index in [1.165, 1.54) is 26.4 Å². The molecule has 1 aliphatic heterocycles. The van der Waals surface area contributed by atoms with Gasteiger partial charge in [-0.05, 0) is 60.4 Å². The maximum absolute atomic E-state index is 10.9. The number of non-ortho nitro benzene ring substituents is 1. The topological polar surface area (TPSA) is 139 Å². The van der Waals surface area contributed by atoms with Gasteiger partial charge in [0.05, 0.1) is 31.8 Å². The van der Waals surface area contributed by atoms with Gasteiger partial charge in [0.1, 0.15) is 0 Å². The summed E-state index contributed by atoms with van der Waals surface area (Å²) in [5, 5.41) is 23.6. The molecule has 2 atom stereocenters. The molecule has 2 aliphatic rings. The molecular formula is C27H28N2O9. The van der Waals surface area contributed by atoms with E-state index in [9.17, 15) is 20.0 Å². The first-order valence-corrected chi connectivity index (χ1v) is 11.8. The van der Waals surface area contributed by atoms with Crippen LogP contribution in [-0.4, -0.2) is 44.1 Å². The van der Waals surface area contributed by atoms with Gasteiger partial charge in [0.2, 0.25) is 12.5 Å². The molecule has 0 fully saturated rings. The van der Waals surface area contributed by atoms with Crippen molar-refractivity contribution in [1.82, 2.24) is 0 Å². The standard InChI is InChI=1S/C19H18N2O6.C8H10O3/c22-10-25-9-13-2-1-12-7-17-18(27-11-26-17)8-16(12)19(13)20-14-3-5-15(6-4-14)21(23)24;1-10-6-4-3-5-7(11-2)8(6)9/h3-8,10,13,19-20H,1-2,9,11H2;3-5,9H,1-2H3. The minimum absolute atomic E-state index is 0.0359. The second-order valence-electron chi connectivity index (χ2n) is 8.57. The van der Waals surface area contributed by atoms with Gasteiger partial charge in [0.15, 0.2) is 23.0 Å². The van der Waals surface area contributed by atoms with Gasteiger partial charge in [-0.25, -0.2) is 0 Å². The molecule has 0 saturated carbocycles. The maximum Gasteiger partial charge on any atom is 0.293 e. The van der Waals surface area contributed by atoms with Crippen LogP contribution in [0.15, 0.2) is 54.6 Å². The molecule has 5 rings (SSSR count). The molecule has 1 aliphatic carbocycles. The molecular weight excluding hydrogens is 496 g/mol. The number of phenolic OH excluding ortho intramolecular Hbond substituents is 1. The van der Waals surface area contributed by atoms with E-state index in [1.54, 1.807) is 30.3 Å². The van der Waals surface area contributed by atoms with Crippen LogP contribution in [0.4, 0.5) is 11.4 Å². The number of nitrogens with zero attached hydrogens (tertiary/aromatic N) is 1. The second-order valence-corrected chi connectivity index (χ2v) is 8.57. The Hall–Kier alpha value is -4.67. The summed E-state index contributed by atoms with van der Waals surface area (Å²) in [4.78, 5) is 21.1. The Balaban J connectivity index is 0.000000257. The number of methoxy groups -OCH3 is 2. The highest BCUT2D eigenvalue weighted by atomic mass is 16.7. The number of hydrogen-bond donors (Lipinski definition) is 2. The molecule has 2 unspecified atom stereocenters. The largest absolute Gasteiger partial charge is 0.502 e. The fraction of sp³-hybridized carbons (Fsp3) is 0.296. The third kappa shape index (κ3) is 5.83. The first-order chi connectivity index (χ1) is 18.4. The summed E-state index contributed by atoms with van der Waals surface area (Å²) in [5.74, 6) is 2.39. The predicted molar refractivity (Wildman–Crippen MR) is 137 cm³/mol. The van der Waals surface area contributed by atoms with Gasteiger partial charge in [0, 0.05) is 23.7 Å². The monoisotopic (exact) mass is 524 g/mol. The van der Waals surface area contributed by atoms with Crippen LogP contribution >= 0.6 is 0 Å². The van der Waals surface area contributed by atoms with Crippen molar-refractivity contribution in [2.45, 2.75) is 18.9 Å². The van der Waals surface area contributed by atoms with Gasteiger partial charge in [0.25, 0.3) is 12.2 Å². The van der Waals surface area contributed by atoms with Crippen molar-refractivity contribution in [2.24, 2.45) is 5.92 Å². The molecule has 3 aromatic rings. The number of rotatable bonds is 8. The summed E-state index contributed by atoms with van der Waals surface area (Å²) in [5.41, 5.74) is 3.00. The van der Waals surface area contributed by atoms with Crippen molar-refractivity contribution in [1.29, 1.82) is 0 Å². The van der Waals surface area contributed by atoms with Gasteiger partial charge in [-0.1, -0.05) is 6.07 Å². The van der Waals surface area contributed by atoms with Crippen LogP contribution < -0.4 is 24.3 Å². The lowest BCUT2D eigenvalue weighted by Gasteiger charge is -2.34. The first kappa shape index (κ1) is 26.4. The Kier molecular flexibility index (Phi) is 8.37. The molecule has 11 nitrogen and oxygen atoms in total. The van der Waals surface area contributed by atoms with Gasteiger partial charge in [-0.2, -0.15) is 0 Å². The lowest BCUT2D eigenvalue weighted by atomic mass is 9.79. The number of ether oxygens (including phenoxy) is 5. The summed E-state index contributed by atoms with van der Waals surface area (Å²) < 4.78 is 25.7. The smallest absolute Gasteiger partial charge is 0.293 e. The lowest BCUT2D eigenvalue weighted by molar-refractivity contribution is -0.384. The Morgan fingerprint density at radius 1 is 1.08 bits per heavy atom. The van der Waals surface area contributed by atoms with E-state index in [0.717, 1.165) is 35.4 Å². The molecule has 2 N–H and O–H groups in total. The summed E-state index contributed by atoms with van der Waals surface area (Å²) in [7, 11) is 2.99. The Bertz CT molecular complexity index is 1260. The molecule has 0 radical (unpaired) electrons. The Morgan fingerprint density at radius 2 is 1.74 bits per heavy atom.